The molecule has 2 rings (SSSR count). The Morgan fingerprint density at radius 2 is 2.05 bits per heavy atom. The molecule has 1 aromatic carbocycles. The van der Waals surface area contributed by atoms with Gasteiger partial charge in [0.05, 0.1) is 0 Å². The topological polar surface area (TPSA) is 66.4 Å². The summed E-state index contributed by atoms with van der Waals surface area (Å²) in [7, 11) is 0. The Morgan fingerprint density at radius 1 is 1.38 bits per heavy atom. The molecule has 2 N–H and O–H groups in total. The molecule has 1 fully saturated rings. The lowest BCUT2D eigenvalue weighted by Gasteiger charge is -2.20. The minimum Gasteiger partial charge on any atom is -0.480 e. The molecule has 21 heavy (non-hydrogen) atoms. The van der Waals surface area contributed by atoms with Crippen LogP contribution in [-0.2, 0) is 9.59 Å². The van der Waals surface area contributed by atoms with Gasteiger partial charge in [-0.1, -0.05) is 44.5 Å². The molecule has 0 heterocycles. The van der Waals surface area contributed by atoms with Crippen molar-refractivity contribution in [3.05, 3.63) is 35.4 Å². The van der Waals surface area contributed by atoms with Gasteiger partial charge in [-0.15, -0.1) is 0 Å². The van der Waals surface area contributed by atoms with Crippen LogP contribution in [0, 0.1) is 18.8 Å². The molecule has 0 aliphatic heterocycles. The fraction of sp³-hybridized carbons (Fsp3) is 0.529. The first-order chi connectivity index (χ1) is 9.95. The summed E-state index contributed by atoms with van der Waals surface area (Å²) in [5.74, 6) is -1.00. The quantitative estimate of drug-likeness (QED) is 0.846. The summed E-state index contributed by atoms with van der Waals surface area (Å²) >= 11 is 0. The van der Waals surface area contributed by atoms with Gasteiger partial charge >= 0.3 is 5.97 Å². The lowest BCUT2D eigenvalue weighted by molar-refractivity contribution is -0.143. The highest BCUT2D eigenvalue weighted by Crippen LogP contribution is 2.48. The summed E-state index contributed by atoms with van der Waals surface area (Å²) in [6, 6.07) is 7.27. The first kappa shape index (κ1) is 15.5. The number of nitrogens with one attached hydrogen (secondary N) is 1. The second kappa shape index (κ2) is 6.29. The Morgan fingerprint density at radius 3 is 2.62 bits per heavy atom. The van der Waals surface area contributed by atoms with E-state index in [9.17, 15) is 14.7 Å². The number of hydrogen-bond acceptors (Lipinski definition) is 2. The van der Waals surface area contributed by atoms with E-state index in [1.807, 2.05) is 39.0 Å². The summed E-state index contributed by atoms with van der Waals surface area (Å²) < 4.78 is 0. The SMILES string of the molecule is CCC(C)C(NC(=O)C1CC1c1ccccc1C)C(=O)O. The Kier molecular flexibility index (Phi) is 4.66. The maximum atomic E-state index is 12.3. The predicted octanol–water partition coefficient (Wildman–Crippen LogP) is 2.71. The van der Waals surface area contributed by atoms with Gasteiger partial charge in [-0.2, -0.15) is 0 Å². The van der Waals surface area contributed by atoms with E-state index in [2.05, 4.69) is 11.4 Å². The van der Waals surface area contributed by atoms with Gasteiger partial charge in [-0.25, -0.2) is 4.79 Å². The minimum atomic E-state index is -0.953. The predicted molar refractivity (Wildman–Crippen MR) is 81.0 cm³/mol. The van der Waals surface area contributed by atoms with Crippen LogP contribution in [0.2, 0.25) is 0 Å². The summed E-state index contributed by atoms with van der Waals surface area (Å²) in [6.07, 6.45) is 1.53. The number of rotatable bonds is 6. The average Bonchev–Trinajstić information content (AvgIpc) is 3.24. The van der Waals surface area contributed by atoms with Crippen LogP contribution in [0.15, 0.2) is 24.3 Å². The molecule has 0 radical (unpaired) electrons. The molecule has 4 nitrogen and oxygen atoms in total. The highest BCUT2D eigenvalue weighted by Gasteiger charge is 2.45. The van der Waals surface area contributed by atoms with E-state index in [0.717, 1.165) is 12.8 Å². The number of amides is 1. The molecule has 114 valence electrons. The summed E-state index contributed by atoms with van der Waals surface area (Å²) in [6.45, 7) is 5.83. The molecule has 4 atom stereocenters. The van der Waals surface area contributed by atoms with Crippen LogP contribution >= 0.6 is 0 Å². The third-order valence-corrected chi connectivity index (χ3v) is 4.49. The van der Waals surface area contributed by atoms with Crippen molar-refractivity contribution in [3.63, 3.8) is 0 Å². The number of aryl methyl sites for hydroxylation is 1. The lowest BCUT2D eigenvalue weighted by atomic mass is 9.98. The smallest absolute Gasteiger partial charge is 0.326 e. The van der Waals surface area contributed by atoms with Crippen LogP contribution in [0.5, 0.6) is 0 Å². The molecular formula is C17H23NO3. The van der Waals surface area contributed by atoms with Gasteiger partial charge < -0.3 is 10.4 Å². The number of aliphatic carboxylic acids is 1. The molecule has 1 aliphatic carbocycles. The summed E-state index contributed by atoms with van der Waals surface area (Å²) in [5.41, 5.74) is 2.39. The van der Waals surface area contributed by atoms with Crippen molar-refractivity contribution in [2.24, 2.45) is 11.8 Å². The number of carboxylic acids is 1. The van der Waals surface area contributed by atoms with Crippen LogP contribution in [-0.4, -0.2) is 23.0 Å². The average molecular weight is 289 g/mol. The fourth-order valence-corrected chi connectivity index (χ4v) is 2.77. The molecule has 1 aromatic rings. The van der Waals surface area contributed by atoms with Crippen molar-refractivity contribution in [2.75, 3.05) is 0 Å². The zero-order valence-electron chi connectivity index (χ0n) is 12.8. The lowest BCUT2D eigenvalue weighted by Crippen LogP contribution is -2.45. The standard InChI is InChI=1S/C17H23NO3/c1-4-10(2)15(17(20)21)18-16(19)14-9-13(14)12-8-6-5-7-11(12)3/h5-8,10,13-15H,4,9H2,1-3H3,(H,18,19)(H,20,21). The molecule has 1 amide bonds. The highest BCUT2D eigenvalue weighted by atomic mass is 16.4. The number of carboxylic acid groups (broad SMARTS) is 1. The van der Waals surface area contributed by atoms with Crippen molar-refractivity contribution in [3.8, 4) is 0 Å². The fourth-order valence-electron chi connectivity index (χ4n) is 2.77. The van der Waals surface area contributed by atoms with Crippen molar-refractivity contribution < 1.29 is 14.7 Å². The van der Waals surface area contributed by atoms with Crippen LogP contribution in [0.25, 0.3) is 0 Å². The molecule has 4 unspecified atom stereocenters. The second-order valence-corrected chi connectivity index (χ2v) is 6.02. The first-order valence-corrected chi connectivity index (χ1v) is 7.54. The zero-order valence-corrected chi connectivity index (χ0v) is 12.8. The zero-order chi connectivity index (χ0) is 15.6. The van der Waals surface area contributed by atoms with Gasteiger partial charge in [0.15, 0.2) is 0 Å². The van der Waals surface area contributed by atoms with Crippen LogP contribution in [0.1, 0.15) is 43.7 Å². The van der Waals surface area contributed by atoms with E-state index in [1.54, 1.807) is 0 Å². The van der Waals surface area contributed by atoms with E-state index >= 15 is 0 Å². The number of carbonyl (C=O) groups is 2. The summed E-state index contributed by atoms with van der Waals surface area (Å²) in [4.78, 5) is 23.5. The van der Waals surface area contributed by atoms with Crippen molar-refractivity contribution in [2.45, 2.75) is 45.6 Å². The third-order valence-electron chi connectivity index (χ3n) is 4.49. The molecule has 0 bridgehead atoms. The van der Waals surface area contributed by atoms with Crippen molar-refractivity contribution in [1.82, 2.24) is 5.32 Å². The largest absolute Gasteiger partial charge is 0.480 e. The van der Waals surface area contributed by atoms with Crippen LogP contribution in [0.3, 0.4) is 0 Å². The van der Waals surface area contributed by atoms with Gasteiger partial charge in [0.25, 0.3) is 0 Å². The maximum absolute atomic E-state index is 12.3. The maximum Gasteiger partial charge on any atom is 0.326 e. The molecule has 1 aliphatic rings. The second-order valence-electron chi connectivity index (χ2n) is 6.02. The van der Waals surface area contributed by atoms with E-state index < -0.39 is 12.0 Å². The van der Waals surface area contributed by atoms with Gasteiger partial charge in [0.2, 0.25) is 5.91 Å². The molecule has 0 saturated heterocycles. The van der Waals surface area contributed by atoms with E-state index in [4.69, 9.17) is 0 Å². The van der Waals surface area contributed by atoms with Crippen LogP contribution in [0.4, 0.5) is 0 Å². The monoisotopic (exact) mass is 289 g/mol. The normalized spacial score (nSPS) is 23.2. The molecular weight excluding hydrogens is 266 g/mol. The van der Waals surface area contributed by atoms with E-state index in [-0.39, 0.29) is 23.7 Å². The number of hydrogen-bond donors (Lipinski definition) is 2. The van der Waals surface area contributed by atoms with Gasteiger partial charge in [-0.05, 0) is 36.3 Å². The molecule has 1 saturated carbocycles. The molecule has 0 aromatic heterocycles. The third kappa shape index (κ3) is 3.43. The Balaban J connectivity index is 2.00. The van der Waals surface area contributed by atoms with Gasteiger partial charge in [0, 0.05) is 5.92 Å². The Labute approximate surface area is 125 Å². The van der Waals surface area contributed by atoms with Gasteiger partial charge in [0.1, 0.15) is 6.04 Å². The van der Waals surface area contributed by atoms with Crippen molar-refractivity contribution in [1.29, 1.82) is 0 Å². The van der Waals surface area contributed by atoms with Gasteiger partial charge in [-0.3, -0.25) is 4.79 Å². The Bertz CT molecular complexity index is 541. The molecule has 0 spiro atoms. The Hall–Kier alpha value is -1.84. The van der Waals surface area contributed by atoms with Crippen LogP contribution < -0.4 is 5.32 Å². The minimum absolute atomic E-state index is 0.0675. The van der Waals surface area contributed by atoms with Crippen molar-refractivity contribution >= 4 is 11.9 Å². The number of carbonyl (C=O) groups excluding carboxylic acids is 1. The summed E-state index contributed by atoms with van der Waals surface area (Å²) in [5, 5.41) is 11.9. The molecule has 4 heteroatoms. The van der Waals surface area contributed by atoms with E-state index in [0.29, 0.717) is 0 Å². The number of benzene rings is 1. The highest BCUT2D eigenvalue weighted by molar-refractivity contribution is 5.87. The van der Waals surface area contributed by atoms with E-state index in [1.165, 1.54) is 11.1 Å². The first-order valence-electron chi connectivity index (χ1n) is 7.54.